The van der Waals surface area contributed by atoms with Crippen LogP contribution in [0.25, 0.3) is 0 Å². The molecule has 1 aliphatic carbocycles. The Morgan fingerprint density at radius 2 is 1.17 bits per heavy atom. The highest BCUT2D eigenvalue weighted by Gasteiger charge is 2.48. The van der Waals surface area contributed by atoms with Crippen molar-refractivity contribution >= 4 is 5.71 Å². The summed E-state index contributed by atoms with van der Waals surface area (Å²) < 4.78 is 19.3. The molecule has 0 saturated heterocycles. The number of nitrogens with zero attached hydrogens (tertiary/aromatic N) is 1. The van der Waals surface area contributed by atoms with E-state index in [2.05, 4.69) is 5.16 Å². The second-order valence-corrected chi connectivity index (χ2v) is 9.05. The molecule has 0 bridgehead atoms. The molecule has 182 valence electrons. The van der Waals surface area contributed by atoms with Crippen molar-refractivity contribution in [3.63, 3.8) is 0 Å². The standard InChI is InChI=1S/C29H31NO5/c31-25-16-24-20-35-30-26(24)28(33-18-22-12-6-2-7-13-22)29(34-19-23-14-8-3-9-15-23)27(25)32-17-21-10-4-1-5-11-21/h1-15,24-25,27-29,31H,16-20H2/t24-,25+,27+,28-,29-/m0/s1. The van der Waals surface area contributed by atoms with Crippen LogP contribution in [-0.2, 0) is 38.9 Å². The maximum absolute atomic E-state index is 11.3. The van der Waals surface area contributed by atoms with Crippen LogP contribution in [0.3, 0.4) is 0 Å². The maximum Gasteiger partial charge on any atom is 0.128 e. The molecule has 0 radical (unpaired) electrons. The number of hydrogen-bond acceptors (Lipinski definition) is 6. The molecule has 1 aliphatic heterocycles. The van der Waals surface area contributed by atoms with Crippen LogP contribution in [-0.4, -0.2) is 41.8 Å². The van der Waals surface area contributed by atoms with E-state index in [1.165, 1.54) is 0 Å². The fourth-order valence-electron chi connectivity index (χ4n) is 4.68. The van der Waals surface area contributed by atoms with E-state index < -0.39 is 24.4 Å². The molecule has 0 spiro atoms. The highest BCUT2D eigenvalue weighted by Crippen LogP contribution is 2.33. The molecule has 2 aliphatic rings. The fourth-order valence-corrected chi connectivity index (χ4v) is 4.68. The Labute approximate surface area is 206 Å². The number of rotatable bonds is 9. The second kappa shape index (κ2) is 11.6. The summed E-state index contributed by atoms with van der Waals surface area (Å²) in [5.74, 6) is -0.0427. The molecule has 0 amide bonds. The van der Waals surface area contributed by atoms with E-state index in [0.717, 1.165) is 22.4 Å². The van der Waals surface area contributed by atoms with Crippen molar-refractivity contribution in [2.75, 3.05) is 6.61 Å². The van der Waals surface area contributed by atoms with Crippen molar-refractivity contribution in [1.29, 1.82) is 0 Å². The SMILES string of the molecule is O[C@@H]1C[C@H]2CON=C2[C@H](OCc2ccccc2)[C@@H](OCc2ccccc2)[C@@H]1OCc1ccccc1. The van der Waals surface area contributed by atoms with Gasteiger partial charge in [0.1, 0.15) is 24.9 Å². The summed E-state index contributed by atoms with van der Waals surface area (Å²) in [7, 11) is 0. The number of fused-ring (bicyclic) bond motifs is 1. The molecule has 5 rings (SSSR count). The Morgan fingerprint density at radius 3 is 1.71 bits per heavy atom. The molecule has 35 heavy (non-hydrogen) atoms. The van der Waals surface area contributed by atoms with Gasteiger partial charge in [-0.15, -0.1) is 0 Å². The fraction of sp³-hybridized carbons (Fsp3) is 0.345. The minimum atomic E-state index is -0.748. The average molecular weight is 474 g/mol. The number of benzene rings is 3. The van der Waals surface area contributed by atoms with Gasteiger partial charge < -0.3 is 24.2 Å². The minimum Gasteiger partial charge on any atom is -0.395 e. The molecule has 1 heterocycles. The first kappa shape index (κ1) is 23.7. The minimum absolute atomic E-state index is 0.0427. The normalized spacial score (nSPS) is 25.9. The van der Waals surface area contributed by atoms with Gasteiger partial charge in [0.25, 0.3) is 0 Å². The zero-order valence-corrected chi connectivity index (χ0v) is 19.6. The summed E-state index contributed by atoms with van der Waals surface area (Å²) in [5, 5.41) is 15.6. The van der Waals surface area contributed by atoms with Gasteiger partial charge in [-0.25, -0.2) is 0 Å². The highest BCUT2D eigenvalue weighted by molar-refractivity contribution is 5.92. The number of aliphatic hydroxyl groups excluding tert-OH is 1. The first-order valence-corrected chi connectivity index (χ1v) is 12.1. The summed E-state index contributed by atoms with van der Waals surface area (Å²) in [6, 6.07) is 30.0. The van der Waals surface area contributed by atoms with E-state index in [-0.39, 0.29) is 5.92 Å². The number of hydrogen-bond donors (Lipinski definition) is 1. The van der Waals surface area contributed by atoms with Crippen LogP contribution in [0.5, 0.6) is 0 Å². The third-order valence-electron chi connectivity index (χ3n) is 6.53. The highest BCUT2D eigenvalue weighted by atomic mass is 16.6. The van der Waals surface area contributed by atoms with Gasteiger partial charge in [-0.05, 0) is 23.1 Å². The summed E-state index contributed by atoms with van der Waals surface area (Å²) in [5.41, 5.74) is 3.91. The predicted molar refractivity (Wildman–Crippen MR) is 133 cm³/mol. The van der Waals surface area contributed by atoms with Gasteiger partial charge in [-0.3, -0.25) is 0 Å². The average Bonchev–Trinajstić information content (AvgIpc) is 3.32. The van der Waals surface area contributed by atoms with E-state index in [1.54, 1.807) is 0 Å². The van der Waals surface area contributed by atoms with Crippen molar-refractivity contribution < 1.29 is 24.2 Å². The van der Waals surface area contributed by atoms with Crippen molar-refractivity contribution in [1.82, 2.24) is 0 Å². The van der Waals surface area contributed by atoms with Gasteiger partial charge in [-0.2, -0.15) is 0 Å². The molecule has 1 fully saturated rings. The molecule has 1 N–H and O–H groups in total. The van der Waals surface area contributed by atoms with Crippen molar-refractivity contribution in [3.05, 3.63) is 108 Å². The number of ether oxygens (including phenoxy) is 3. The van der Waals surface area contributed by atoms with Crippen LogP contribution in [0.15, 0.2) is 96.2 Å². The van der Waals surface area contributed by atoms with Gasteiger partial charge in [0.2, 0.25) is 0 Å². The first-order chi connectivity index (χ1) is 17.3. The summed E-state index contributed by atoms with van der Waals surface area (Å²) in [6.45, 7) is 1.55. The molecule has 6 heteroatoms. The zero-order valence-electron chi connectivity index (χ0n) is 19.6. The zero-order chi connectivity index (χ0) is 23.9. The molecule has 5 atom stereocenters. The van der Waals surface area contributed by atoms with Crippen molar-refractivity contribution in [3.8, 4) is 0 Å². The molecule has 0 unspecified atom stereocenters. The van der Waals surface area contributed by atoms with Crippen molar-refractivity contribution in [2.24, 2.45) is 11.1 Å². The van der Waals surface area contributed by atoms with Gasteiger partial charge in [-0.1, -0.05) is 96.2 Å². The molecular weight excluding hydrogens is 442 g/mol. The Balaban J connectivity index is 1.42. The maximum atomic E-state index is 11.3. The Hall–Kier alpha value is -3.03. The van der Waals surface area contributed by atoms with Gasteiger partial charge in [0.05, 0.1) is 31.6 Å². The van der Waals surface area contributed by atoms with Crippen LogP contribution in [0.4, 0.5) is 0 Å². The van der Waals surface area contributed by atoms with Gasteiger partial charge in [0.15, 0.2) is 0 Å². The van der Waals surface area contributed by atoms with Crippen LogP contribution < -0.4 is 0 Å². The van der Waals surface area contributed by atoms with E-state index in [1.807, 2.05) is 91.0 Å². The van der Waals surface area contributed by atoms with Crippen LogP contribution >= 0.6 is 0 Å². The first-order valence-electron chi connectivity index (χ1n) is 12.1. The lowest BCUT2D eigenvalue weighted by Crippen LogP contribution is -2.49. The molecule has 1 saturated carbocycles. The van der Waals surface area contributed by atoms with E-state index >= 15 is 0 Å². The summed E-state index contributed by atoms with van der Waals surface area (Å²) >= 11 is 0. The third-order valence-corrected chi connectivity index (χ3v) is 6.53. The molecule has 0 aromatic heterocycles. The molecular formula is C29H31NO5. The Morgan fingerprint density at radius 1 is 0.686 bits per heavy atom. The van der Waals surface area contributed by atoms with Crippen LogP contribution in [0, 0.1) is 5.92 Å². The van der Waals surface area contributed by atoms with Gasteiger partial charge in [0, 0.05) is 5.92 Å². The summed E-state index contributed by atoms with van der Waals surface area (Å²) in [4.78, 5) is 5.45. The van der Waals surface area contributed by atoms with Crippen LogP contribution in [0.1, 0.15) is 23.1 Å². The second-order valence-electron chi connectivity index (χ2n) is 9.05. The quantitative estimate of drug-likeness (QED) is 0.495. The van der Waals surface area contributed by atoms with E-state index in [9.17, 15) is 5.11 Å². The predicted octanol–water partition coefficient (Wildman–Crippen LogP) is 4.51. The topological polar surface area (TPSA) is 69.5 Å². The Bertz CT molecular complexity index is 1080. The molecule has 3 aromatic rings. The number of oxime groups is 1. The lowest BCUT2D eigenvalue weighted by molar-refractivity contribution is -0.162. The lowest BCUT2D eigenvalue weighted by atomic mass is 9.97. The monoisotopic (exact) mass is 473 g/mol. The molecule has 6 nitrogen and oxygen atoms in total. The van der Waals surface area contributed by atoms with E-state index in [4.69, 9.17) is 19.0 Å². The van der Waals surface area contributed by atoms with Crippen molar-refractivity contribution in [2.45, 2.75) is 50.7 Å². The largest absolute Gasteiger partial charge is 0.395 e. The van der Waals surface area contributed by atoms with Gasteiger partial charge >= 0.3 is 0 Å². The Kier molecular flexibility index (Phi) is 7.85. The lowest BCUT2D eigenvalue weighted by Gasteiger charge is -2.33. The molecule has 3 aromatic carbocycles. The smallest absolute Gasteiger partial charge is 0.128 e. The van der Waals surface area contributed by atoms with Crippen LogP contribution in [0.2, 0.25) is 0 Å². The third kappa shape index (κ3) is 5.97. The summed E-state index contributed by atoms with van der Waals surface area (Å²) in [6.07, 6.45) is -1.93. The number of aliphatic hydroxyl groups is 1. The van der Waals surface area contributed by atoms with E-state index in [0.29, 0.717) is 32.8 Å².